The average Bonchev–Trinajstić information content (AvgIpc) is 3.17. The summed E-state index contributed by atoms with van der Waals surface area (Å²) in [5.74, 6) is 0.574. The van der Waals surface area contributed by atoms with E-state index in [1.165, 1.54) is 0 Å². The molecule has 0 spiro atoms. The molecule has 0 unspecified atom stereocenters. The van der Waals surface area contributed by atoms with Crippen molar-refractivity contribution < 1.29 is 18.8 Å². The number of rotatable bonds is 10. The average molecular weight is 338 g/mol. The number of amides is 1. The molecule has 1 amide bonds. The van der Waals surface area contributed by atoms with Gasteiger partial charge in [-0.3, -0.25) is 4.79 Å². The molecule has 126 valence electrons. The summed E-state index contributed by atoms with van der Waals surface area (Å²) < 4.78 is 16.0. The van der Waals surface area contributed by atoms with E-state index in [-0.39, 0.29) is 25.2 Å². The Balaban J connectivity index is 1.59. The molecule has 0 radical (unpaired) electrons. The third kappa shape index (κ3) is 6.52. The largest absolute Gasteiger partial charge is 0.379 e. The minimum atomic E-state index is -0.142. The lowest BCUT2D eigenvalue weighted by Gasteiger charge is -2.08. The quantitative estimate of drug-likeness (QED) is 0.674. The molecule has 2 rings (SSSR count). The number of hydrogen-bond donors (Lipinski definition) is 1. The molecule has 0 bridgehead atoms. The summed E-state index contributed by atoms with van der Waals surface area (Å²) in [6.07, 6.45) is 1.01. The van der Waals surface area contributed by atoms with Gasteiger partial charge in [-0.2, -0.15) is 0 Å². The molecule has 23 heavy (non-hydrogen) atoms. The van der Waals surface area contributed by atoms with Crippen LogP contribution in [-0.2, 0) is 20.9 Å². The molecule has 0 saturated heterocycles. The first-order valence-corrected chi connectivity index (χ1v) is 8.48. The van der Waals surface area contributed by atoms with Gasteiger partial charge in [0.1, 0.15) is 12.3 Å². The van der Waals surface area contributed by atoms with Gasteiger partial charge in [0.05, 0.1) is 17.6 Å². The molecular formula is C16H22N2O4S. The van der Waals surface area contributed by atoms with E-state index >= 15 is 0 Å². The normalized spacial score (nSPS) is 11.1. The Hall–Kier alpha value is -1.70. The molecule has 0 aliphatic rings. The highest BCUT2D eigenvalue weighted by Gasteiger charge is 2.08. The van der Waals surface area contributed by atoms with E-state index in [2.05, 4.69) is 10.5 Å². The van der Waals surface area contributed by atoms with E-state index < -0.39 is 0 Å². The molecule has 0 atom stereocenters. The van der Waals surface area contributed by atoms with Crippen LogP contribution in [0.15, 0.2) is 28.1 Å². The Kier molecular flexibility index (Phi) is 7.25. The fourth-order valence-corrected chi connectivity index (χ4v) is 2.51. The van der Waals surface area contributed by atoms with Crippen LogP contribution >= 0.6 is 11.3 Å². The van der Waals surface area contributed by atoms with Crippen LogP contribution in [0.2, 0.25) is 0 Å². The minimum absolute atomic E-state index is 0.00618. The Labute approximate surface area is 139 Å². The van der Waals surface area contributed by atoms with Crippen LogP contribution in [0.5, 0.6) is 0 Å². The molecule has 2 aromatic rings. The fourth-order valence-electron chi connectivity index (χ4n) is 1.83. The summed E-state index contributed by atoms with van der Waals surface area (Å²) in [6.45, 7) is 5.45. The van der Waals surface area contributed by atoms with Crippen molar-refractivity contribution in [2.45, 2.75) is 33.0 Å². The number of nitrogens with zero attached hydrogens (tertiary/aromatic N) is 1. The lowest BCUT2D eigenvalue weighted by Crippen LogP contribution is -2.29. The number of carbonyl (C=O) groups excluding carboxylic acids is 1. The Morgan fingerprint density at radius 3 is 3.09 bits per heavy atom. The summed E-state index contributed by atoms with van der Waals surface area (Å²) in [4.78, 5) is 12.6. The van der Waals surface area contributed by atoms with Gasteiger partial charge in [0, 0.05) is 19.2 Å². The Morgan fingerprint density at radius 1 is 1.48 bits per heavy atom. The zero-order chi connectivity index (χ0) is 16.5. The van der Waals surface area contributed by atoms with E-state index in [0.717, 1.165) is 11.3 Å². The topological polar surface area (TPSA) is 73.6 Å². The molecule has 0 aliphatic carbocycles. The minimum Gasteiger partial charge on any atom is -0.379 e. The van der Waals surface area contributed by atoms with Gasteiger partial charge < -0.3 is 19.3 Å². The van der Waals surface area contributed by atoms with Gasteiger partial charge in [-0.25, -0.2) is 0 Å². The van der Waals surface area contributed by atoms with Gasteiger partial charge in [0.2, 0.25) is 5.91 Å². The number of hydrogen-bond acceptors (Lipinski definition) is 6. The first kappa shape index (κ1) is 17.7. The molecule has 0 aliphatic heterocycles. The van der Waals surface area contributed by atoms with Gasteiger partial charge in [0.25, 0.3) is 0 Å². The van der Waals surface area contributed by atoms with Crippen LogP contribution in [-0.4, -0.2) is 36.9 Å². The Bertz CT molecular complexity index is 581. The van der Waals surface area contributed by atoms with Crippen molar-refractivity contribution in [3.05, 3.63) is 29.3 Å². The second-order valence-electron chi connectivity index (χ2n) is 5.28. The molecule has 2 heterocycles. The standard InChI is InChI=1S/C16H22N2O4S/c1-12(2)21-7-4-6-17-16(19)11-20-10-13-9-14(22-18-13)15-5-3-8-23-15/h3,5,8-9,12H,4,6-7,10-11H2,1-2H3,(H,17,19). The zero-order valence-electron chi connectivity index (χ0n) is 13.4. The van der Waals surface area contributed by atoms with Crippen LogP contribution in [0.4, 0.5) is 0 Å². The molecule has 6 nitrogen and oxygen atoms in total. The van der Waals surface area contributed by atoms with Crippen molar-refractivity contribution >= 4 is 17.2 Å². The molecule has 2 aromatic heterocycles. The lowest BCUT2D eigenvalue weighted by molar-refractivity contribution is -0.126. The number of thiophene rings is 1. The summed E-state index contributed by atoms with van der Waals surface area (Å²) in [5.41, 5.74) is 0.673. The van der Waals surface area contributed by atoms with Crippen LogP contribution in [0.25, 0.3) is 10.6 Å². The maximum Gasteiger partial charge on any atom is 0.246 e. The van der Waals surface area contributed by atoms with Gasteiger partial charge in [0.15, 0.2) is 5.76 Å². The van der Waals surface area contributed by atoms with Crippen LogP contribution in [0.3, 0.4) is 0 Å². The molecule has 0 saturated carbocycles. The van der Waals surface area contributed by atoms with Crippen molar-refractivity contribution in [3.8, 4) is 10.6 Å². The predicted molar refractivity (Wildman–Crippen MR) is 88.2 cm³/mol. The smallest absolute Gasteiger partial charge is 0.246 e. The summed E-state index contributed by atoms with van der Waals surface area (Å²) in [5, 5.41) is 8.69. The number of ether oxygens (including phenoxy) is 2. The van der Waals surface area contributed by atoms with E-state index in [4.69, 9.17) is 14.0 Å². The predicted octanol–water partition coefficient (Wildman–Crippen LogP) is 2.85. The summed E-state index contributed by atoms with van der Waals surface area (Å²) in [7, 11) is 0. The second kappa shape index (κ2) is 9.44. The maximum atomic E-state index is 11.6. The third-order valence-corrected chi connectivity index (χ3v) is 3.78. The maximum absolute atomic E-state index is 11.6. The van der Waals surface area contributed by atoms with Gasteiger partial charge in [-0.05, 0) is 31.7 Å². The molecule has 0 aromatic carbocycles. The zero-order valence-corrected chi connectivity index (χ0v) is 14.2. The van der Waals surface area contributed by atoms with Crippen LogP contribution < -0.4 is 5.32 Å². The van der Waals surface area contributed by atoms with Crippen molar-refractivity contribution in [2.24, 2.45) is 0 Å². The van der Waals surface area contributed by atoms with Crippen molar-refractivity contribution in [1.29, 1.82) is 0 Å². The lowest BCUT2D eigenvalue weighted by atomic mass is 10.3. The highest BCUT2D eigenvalue weighted by molar-refractivity contribution is 7.13. The monoisotopic (exact) mass is 338 g/mol. The summed E-state index contributed by atoms with van der Waals surface area (Å²) >= 11 is 1.58. The SMILES string of the molecule is CC(C)OCCCNC(=O)COCc1cc(-c2cccs2)on1. The van der Waals surface area contributed by atoms with Gasteiger partial charge in [-0.1, -0.05) is 11.2 Å². The Morgan fingerprint density at radius 2 is 2.35 bits per heavy atom. The summed E-state index contributed by atoms with van der Waals surface area (Å²) in [6, 6.07) is 5.74. The van der Waals surface area contributed by atoms with E-state index in [9.17, 15) is 4.79 Å². The van der Waals surface area contributed by atoms with Crippen LogP contribution in [0, 0.1) is 0 Å². The highest BCUT2D eigenvalue weighted by atomic mass is 32.1. The van der Waals surface area contributed by atoms with Crippen molar-refractivity contribution in [1.82, 2.24) is 10.5 Å². The number of aromatic nitrogens is 1. The van der Waals surface area contributed by atoms with Crippen molar-refractivity contribution in [3.63, 3.8) is 0 Å². The molecule has 7 heteroatoms. The molecular weight excluding hydrogens is 316 g/mol. The molecule has 0 fully saturated rings. The van der Waals surface area contributed by atoms with Crippen molar-refractivity contribution in [2.75, 3.05) is 19.8 Å². The first-order chi connectivity index (χ1) is 11.1. The highest BCUT2D eigenvalue weighted by Crippen LogP contribution is 2.25. The van der Waals surface area contributed by atoms with Crippen LogP contribution in [0.1, 0.15) is 26.0 Å². The van der Waals surface area contributed by atoms with E-state index in [1.807, 2.05) is 37.4 Å². The van der Waals surface area contributed by atoms with E-state index in [0.29, 0.717) is 24.6 Å². The van der Waals surface area contributed by atoms with Gasteiger partial charge in [-0.15, -0.1) is 11.3 Å². The number of nitrogens with one attached hydrogen (secondary N) is 1. The first-order valence-electron chi connectivity index (χ1n) is 7.60. The number of carbonyl (C=O) groups is 1. The van der Waals surface area contributed by atoms with E-state index in [1.54, 1.807) is 11.3 Å². The molecule has 1 N–H and O–H groups in total. The third-order valence-electron chi connectivity index (χ3n) is 2.90. The fraction of sp³-hybridized carbons (Fsp3) is 0.500. The second-order valence-corrected chi connectivity index (χ2v) is 6.22. The van der Waals surface area contributed by atoms with Gasteiger partial charge >= 0.3 is 0 Å².